The SMILES string of the molecule is N#Cc1cccc(CN2C[C@H](O)C[C@H]2c2nc(-c3cccc([N+](=O)[O-])c3)no2)c1. The lowest BCUT2D eigenvalue weighted by Crippen LogP contribution is -2.24. The topological polar surface area (TPSA) is 129 Å². The van der Waals surface area contributed by atoms with Gasteiger partial charge in [0.2, 0.25) is 11.7 Å². The molecule has 0 unspecified atom stereocenters. The number of hydrogen-bond donors (Lipinski definition) is 1. The van der Waals surface area contributed by atoms with Gasteiger partial charge in [-0.15, -0.1) is 0 Å². The van der Waals surface area contributed by atoms with Crippen molar-refractivity contribution in [2.75, 3.05) is 6.54 Å². The summed E-state index contributed by atoms with van der Waals surface area (Å²) in [5.41, 5.74) is 1.95. The highest BCUT2D eigenvalue weighted by atomic mass is 16.6. The fraction of sp³-hybridized carbons (Fsp3) is 0.250. The van der Waals surface area contributed by atoms with E-state index < -0.39 is 11.0 Å². The largest absolute Gasteiger partial charge is 0.392 e. The van der Waals surface area contributed by atoms with Crippen LogP contribution in [0.5, 0.6) is 0 Å². The van der Waals surface area contributed by atoms with Crippen LogP contribution in [-0.4, -0.2) is 37.7 Å². The maximum absolute atomic E-state index is 11.0. The first kappa shape index (κ1) is 18.7. The van der Waals surface area contributed by atoms with Crippen molar-refractivity contribution in [3.63, 3.8) is 0 Å². The van der Waals surface area contributed by atoms with E-state index in [1.807, 2.05) is 23.1 Å². The van der Waals surface area contributed by atoms with Gasteiger partial charge < -0.3 is 9.63 Å². The van der Waals surface area contributed by atoms with Gasteiger partial charge in [0, 0.05) is 30.8 Å². The van der Waals surface area contributed by atoms with Crippen molar-refractivity contribution in [3.8, 4) is 17.5 Å². The fourth-order valence-corrected chi connectivity index (χ4v) is 3.53. The summed E-state index contributed by atoms with van der Waals surface area (Å²) >= 11 is 0. The van der Waals surface area contributed by atoms with Crippen molar-refractivity contribution in [2.45, 2.75) is 25.1 Å². The summed E-state index contributed by atoms with van der Waals surface area (Å²) in [7, 11) is 0. The third-order valence-electron chi connectivity index (χ3n) is 4.87. The van der Waals surface area contributed by atoms with Gasteiger partial charge in [0.25, 0.3) is 5.69 Å². The van der Waals surface area contributed by atoms with E-state index in [9.17, 15) is 15.2 Å². The van der Waals surface area contributed by atoms with Gasteiger partial charge in [0.15, 0.2) is 0 Å². The number of nitrogens with zero attached hydrogens (tertiary/aromatic N) is 5. The maximum Gasteiger partial charge on any atom is 0.270 e. The van der Waals surface area contributed by atoms with Crippen LogP contribution in [0.1, 0.15) is 29.5 Å². The monoisotopic (exact) mass is 391 g/mol. The Balaban J connectivity index is 1.57. The molecule has 0 bridgehead atoms. The molecule has 4 rings (SSSR count). The first-order valence-electron chi connectivity index (χ1n) is 9.03. The summed E-state index contributed by atoms with van der Waals surface area (Å²) in [6, 6.07) is 15.2. The normalized spacial score (nSPS) is 19.2. The molecule has 2 aromatic carbocycles. The molecular formula is C20H17N5O4. The molecule has 0 spiro atoms. The van der Waals surface area contributed by atoms with Crippen LogP contribution in [0.3, 0.4) is 0 Å². The Labute approximate surface area is 166 Å². The summed E-state index contributed by atoms with van der Waals surface area (Å²) in [5.74, 6) is 0.607. The van der Waals surface area contributed by atoms with Gasteiger partial charge in [-0.1, -0.05) is 29.4 Å². The number of aliphatic hydroxyl groups is 1. The molecule has 9 nitrogen and oxygen atoms in total. The van der Waals surface area contributed by atoms with Gasteiger partial charge in [-0.25, -0.2) is 0 Å². The Hall–Kier alpha value is -3.61. The van der Waals surface area contributed by atoms with E-state index in [-0.39, 0.29) is 17.6 Å². The standard InChI is InChI=1S/C20H17N5O4/c21-10-13-3-1-4-14(7-13)11-24-12-17(26)9-18(24)20-22-19(23-29-20)15-5-2-6-16(8-15)25(27)28/h1-8,17-18,26H,9,11-12H2/t17-,18+/m1/s1. The Morgan fingerprint density at radius 2 is 2.14 bits per heavy atom. The highest BCUT2D eigenvalue weighted by Crippen LogP contribution is 2.34. The number of likely N-dealkylation sites (tertiary alicyclic amines) is 1. The summed E-state index contributed by atoms with van der Waals surface area (Å²) in [5, 5.41) is 34.2. The lowest BCUT2D eigenvalue weighted by molar-refractivity contribution is -0.384. The molecule has 9 heteroatoms. The lowest BCUT2D eigenvalue weighted by atomic mass is 10.1. The average molecular weight is 391 g/mol. The van der Waals surface area contributed by atoms with Crippen molar-refractivity contribution in [1.29, 1.82) is 5.26 Å². The summed E-state index contributed by atoms with van der Waals surface area (Å²) < 4.78 is 5.43. The van der Waals surface area contributed by atoms with Crippen molar-refractivity contribution in [3.05, 3.63) is 75.7 Å². The van der Waals surface area contributed by atoms with E-state index >= 15 is 0 Å². The molecule has 1 aliphatic heterocycles. The van der Waals surface area contributed by atoms with Gasteiger partial charge in [0.1, 0.15) is 0 Å². The highest BCUT2D eigenvalue weighted by Gasteiger charge is 2.36. The second-order valence-corrected chi connectivity index (χ2v) is 6.91. The summed E-state index contributed by atoms with van der Waals surface area (Å²) in [6.07, 6.45) is -0.0959. The molecule has 29 heavy (non-hydrogen) atoms. The van der Waals surface area contributed by atoms with Gasteiger partial charge in [0.05, 0.1) is 28.7 Å². The van der Waals surface area contributed by atoms with Gasteiger partial charge in [-0.2, -0.15) is 10.2 Å². The van der Waals surface area contributed by atoms with E-state index in [1.165, 1.54) is 12.1 Å². The third kappa shape index (κ3) is 3.99. The number of hydrogen-bond acceptors (Lipinski definition) is 8. The summed E-state index contributed by atoms with van der Waals surface area (Å²) in [6.45, 7) is 0.960. The predicted octanol–water partition coefficient (Wildman–Crippen LogP) is 2.82. The quantitative estimate of drug-likeness (QED) is 0.519. The van der Waals surface area contributed by atoms with Crippen LogP contribution < -0.4 is 0 Å². The number of rotatable bonds is 5. The minimum Gasteiger partial charge on any atom is -0.392 e. The zero-order valence-corrected chi connectivity index (χ0v) is 15.3. The lowest BCUT2D eigenvalue weighted by Gasteiger charge is -2.21. The van der Waals surface area contributed by atoms with Gasteiger partial charge in [-0.05, 0) is 24.1 Å². The Bertz CT molecular complexity index is 1090. The van der Waals surface area contributed by atoms with E-state index in [0.29, 0.717) is 36.5 Å². The smallest absolute Gasteiger partial charge is 0.270 e. The number of β-amino-alcohol motifs (C(OH)–C–C–N with tert-alkyl or cyclic N) is 1. The van der Waals surface area contributed by atoms with Crippen LogP contribution in [0.25, 0.3) is 11.4 Å². The molecule has 146 valence electrons. The Kier molecular flexibility index (Phi) is 5.03. The molecule has 1 saturated heterocycles. The zero-order valence-electron chi connectivity index (χ0n) is 15.3. The average Bonchev–Trinajstić information content (AvgIpc) is 3.35. The second-order valence-electron chi connectivity index (χ2n) is 6.91. The number of non-ortho nitro benzene ring substituents is 1. The van der Waals surface area contributed by atoms with Gasteiger partial charge >= 0.3 is 0 Å². The molecule has 0 saturated carbocycles. The van der Waals surface area contributed by atoms with Crippen LogP contribution >= 0.6 is 0 Å². The molecule has 1 fully saturated rings. The molecule has 0 amide bonds. The minimum absolute atomic E-state index is 0.0517. The fourth-order valence-electron chi connectivity index (χ4n) is 3.53. The maximum atomic E-state index is 11.0. The molecule has 2 heterocycles. The first-order chi connectivity index (χ1) is 14.0. The second kappa shape index (κ2) is 7.79. The zero-order chi connectivity index (χ0) is 20.4. The van der Waals surface area contributed by atoms with Crippen LogP contribution in [0.15, 0.2) is 53.1 Å². The molecular weight excluding hydrogens is 374 g/mol. The van der Waals surface area contributed by atoms with E-state index in [4.69, 9.17) is 9.78 Å². The van der Waals surface area contributed by atoms with Crippen LogP contribution in [0, 0.1) is 21.4 Å². The predicted molar refractivity (Wildman–Crippen MR) is 101 cm³/mol. The van der Waals surface area contributed by atoms with Crippen molar-refractivity contribution in [2.24, 2.45) is 0 Å². The summed E-state index contributed by atoms with van der Waals surface area (Å²) in [4.78, 5) is 16.9. The highest BCUT2D eigenvalue weighted by molar-refractivity contribution is 5.58. The molecule has 2 atom stereocenters. The number of nitro groups is 1. The van der Waals surface area contributed by atoms with Crippen LogP contribution in [-0.2, 0) is 6.54 Å². The Morgan fingerprint density at radius 1 is 1.31 bits per heavy atom. The van der Waals surface area contributed by atoms with E-state index in [1.54, 1.807) is 18.2 Å². The number of nitriles is 1. The molecule has 3 aromatic rings. The molecule has 0 aliphatic carbocycles. The number of nitro benzene ring substituents is 1. The van der Waals surface area contributed by atoms with Gasteiger partial charge in [-0.3, -0.25) is 15.0 Å². The number of aromatic nitrogens is 2. The number of aliphatic hydroxyl groups excluding tert-OH is 1. The van der Waals surface area contributed by atoms with E-state index in [0.717, 1.165) is 5.56 Å². The molecule has 1 aliphatic rings. The minimum atomic E-state index is -0.535. The van der Waals surface area contributed by atoms with Crippen LogP contribution in [0.4, 0.5) is 5.69 Å². The van der Waals surface area contributed by atoms with Crippen molar-refractivity contribution >= 4 is 5.69 Å². The third-order valence-corrected chi connectivity index (χ3v) is 4.87. The molecule has 0 radical (unpaired) electrons. The van der Waals surface area contributed by atoms with Crippen molar-refractivity contribution < 1.29 is 14.6 Å². The molecule has 1 aromatic heterocycles. The molecule has 1 N–H and O–H groups in total. The number of benzene rings is 2. The first-order valence-corrected chi connectivity index (χ1v) is 9.03. The Morgan fingerprint density at radius 3 is 2.93 bits per heavy atom. The van der Waals surface area contributed by atoms with E-state index in [2.05, 4.69) is 16.2 Å². The van der Waals surface area contributed by atoms with Crippen LogP contribution in [0.2, 0.25) is 0 Å². The van der Waals surface area contributed by atoms with Crippen molar-refractivity contribution in [1.82, 2.24) is 15.0 Å².